The number of aliphatic carboxylic acids is 1. The third-order valence-electron chi connectivity index (χ3n) is 2.40. The minimum atomic E-state index is -0.770. The number of carboxylic acids is 1. The van der Waals surface area contributed by atoms with Gasteiger partial charge in [-0.15, -0.1) is 0 Å². The zero-order valence-electron chi connectivity index (χ0n) is 10.9. The van der Waals surface area contributed by atoms with Crippen LogP contribution in [0.1, 0.15) is 12.1 Å². The van der Waals surface area contributed by atoms with E-state index in [-0.39, 0.29) is 6.42 Å². The summed E-state index contributed by atoms with van der Waals surface area (Å²) in [5, 5.41) is 18.0. The first-order valence-electron chi connectivity index (χ1n) is 6.38. The lowest BCUT2D eigenvalue weighted by atomic mass is 10.4. The van der Waals surface area contributed by atoms with Crippen molar-refractivity contribution in [2.75, 3.05) is 32.7 Å². The molecule has 19 heavy (non-hydrogen) atoms. The predicted molar refractivity (Wildman–Crippen MR) is 71.7 cm³/mol. The van der Waals surface area contributed by atoms with Gasteiger partial charge in [0.1, 0.15) is 0 Å². The van der Waals surface area contributed by atoms with Gasteiger partial charge in [-0.05, 0) is 0 Å². The fraction of sp³-hybridized carbons (Fsp3) is 0.583. The Labute approximate surface area is 112 Å². The molecular formula is C12H21N5O2. The highest BCUT2D eigenvalue weighted by Crippen LogP contribution is 1.87. The van der Waals surface area contributed by atoms with Gasteiger partial charge in [0, 0.05) is 57.9 Å². The molecule has 0 spiro atoms. The smallest absolute Gasteiger partial charge is 0.304 e. The van der Waals surface area contributed by atoms with Crippen molar-refractivity contribution in [3.63, 3.8) is 0 Å². The van der Waals surface area contributed by atoms with E-state index in [1.807, 2.05) is 0 Å². The van der Waals surface area contributed by atoms with Crippen LogP contribution in [0.2, 0.25) is 0 Å². The highest BCUT2D eigenvalue weighted by atomic mass is 16.4. The maximum absolute atomic E-state index is 10.2. The molecule has 0 aliphatic rings. The maximum atomic E-state index is 10.2. The van der Waals surface area contributed by atoms with Crippen LogP contribution < -0.4 is 16.0 Å². The molecule has 0 aromatic carbocycles. The van der Waals surface area contributed by atoms with Gasteiger partial charge in [0.15, 0.2) is 0 Å². The fourth-order valence-electron chi connectivity index (χ4n) is 1.44. The lowest BCUT2D eigenvalue weighted by molar-refractivity contribution is -0.136. The van der Waals surface area contributed by atoms with E-state index >= 15 is 0 Å². The summed E-state index contributed by atoms with van der Waals surface area (Å²) in [5.74, 6) is -0.770. The highest BCUT2D eigenvalue weighted by molar-refractivity contribution is 5.66. The van der Waals surface area contributed by atoms with Crippen LogP contribution >= 0.6 is 0 Å². The van der Waals surface area contributed by atoms with Crippen molar-refractivity contribution in [1.82, 2.24) is 25.9 Å². The molecule has 7 heteroatoms. The van der Waals surface area contributed by atoms with E-state index in [0.29, 0.717) is 13.1 Å². The summed E-state index contributed by atoms with van der Waals surface area (Å²) in [7, 11) is 0. The summed E-state index contributed by atoms with van der Waals surface area (Å²) in [5.41, 5.74) is 0.929. The number of aromatic nitrogens is 2. The summed E-state index contributed by atoms with van der Waals surface area (Å²) in [6.45, 7) is 4.55. The lowest BCUT2D eigenvalue weighted by Gasteiger charge is -2.06. The third kappa shape index (κ3) is 9.06. The Kier molecular flexibility index (Phi) is 8.45. The molecule has 0 bridgehead atoms. The molecule has 0 atom stereocenters. The monoisotopic (exact) mass is 267 g/mol. The van der Waals surface area contributed by atoms with Gasteiger partial charge in [0.2, 0.25) is 0 Å². The fourth-order valence-corrected chi connectivity index (χ4v) is 1.44. The minimum absolute atomic E-state index is 0.166. The van der Waals surface area contributed by atoms with Crippen LogP contribution in [0.4, 0.5) is 0 Å². The van der Waals surface area contributed by atoms with Crippen LogP contribution in [0, 0.1) is 0 Å². The number of carboxylic acid groups (broad SMARTS) is 1. The molecule has 0 saturated carbocycles. The normalized spacial score (nSPS) is 10.5. The molecule has 1 aromatic heterocycles. The molecule has 0 aliphatic carbocycles. The molecule has 0 unspecified atom stereocenters. The highest BCUT2D eigenvalue weighted by Gasteiger charge is 1.95. The first kappa shape index (κ1) is 15.5. The van der Waals surface area contributed by atoms with Crippen LogP contribution in [-0.2, 0) is 11.3 Å². The first-order valence-corrected chi connectivity index (χ1v) is 6.38. The van der Waals surface area contributed by atoms with E-state index in [9.17, 15) is 4.79 Å². The Hall–Kier alpha value is -1.57. The van der Waals surface area contributed by atoms with Gasteiger partial charge >= 0.3 is 5.97 Å². The van der Waals surface area contributed by atoms with Gasteiger partial charge in [0.25, 0.3) is 0 Å². The van der Waals surface area contributed by atoms with Gasteiger partial charge in [0.05, 0.1) is 12.1 Å². The summed E-state index contributed by atoms with van der Waals surface area (Å²) in [6.07, 6.45) is 5.24. The number of rotatable bonds is 11. The summed E-state index contributed by atoms with van der Waals surface area (Å²) < 4.78 is 0. The first-order chi connectivity index (χ1) is 9.29. The van der Waals surface area contributed by atoms with Crippen LogP contribution in [0.3, 0.4) is 0 Å². The van der Waals surface area contributed by atoms with Crippen molar-refractivity contribution >= 4 is 5.97 Å². The quantitative estimate of drug-likeness (QED) is 0.390. The number of carbonyl (C=O) groups is 1. The average molecular weight is 267 g/mol. The van der Waals surface area contributed by atoms with Crippen molar-refractivity contribution in [1.29, 1.82) is 0 Å². The van der Waals surface area contributed by atoms with Gasteiger partial charge < -0.3 is 21.1 Å². The molecule has 0 saturated heterocycles. The second-order valence-corrected chi connectivity index (χ2v) is 4.02. The van der Waals surface area contributed by atoms with E-state index in [1.54, 1.807) is 18.6 Å². The molecule has 4 N–H and O–H groups in total. The van der Waals surface area contributed by atoms with Crippen LogP contribution in [-0.4, -0.2) is 53.8 Å². The van der Waals surface area contributed by atoms with Crippen molar-refractivity contribution in [2.45, 2.75) is 13.0 Å². The largest absolute Gasteiger partial charge is 0.481 e. The van der Waals surface area contributed by atoms with Gasteiger partial charge in [-0.1, -0.05) is 0 Å². The van der Waals surface area contributed by atoms with Gasteiger partial charge in [-0.3, -0.25) is 14.8 Å². The molecule has 0 radical (unpaired) electrons. The molecule has 0 aliphatic heterocycles. The molecule has 0 amide bonds. The third-order valence-corrected chi connectivity index (χ3v) is 2.40. The Morgan fingerprint density at radius 3 is 2.37 bits per heavy atom. The zero-order chi connectivity index (χ0) is 13.8. The molecule has 1 rings (SSSR count). The summed E-state index contributed by atoms with van der Waals surface area (Å²) >= 11 is 0. The van der Waals surface area contributed by atoms with Crippen molar-refractivity contribution in [3.8, 4) is 0 Å². The number of hydrogen-bond donors (Lipinski definition) is 4. The predicted octanol–water partition coefficient (Wildman–Crippen LogP) is -0.780. The van der Waals surface area contributed by atoms with E-state index < -0.39 is 5.97 Å². The van der Waals surface area contributed by atoms with Crippen LogP contribution in [0.25, 0.3) is 0 Å². The van der Waals surface area contributed by atoms with Crippen LogP contribution in [0.5, 0.6) is 0 Å². The van der Waals surface area contributed by atoms with Gasteiger partial charge in [-0.2, -0.15) is 0 Å². The van der Waals surface area contributed by atoms with E-state index in [1.165, 1.54) is 0 Å². The Morgan fingerprint density at radius 2 is 1.74 bits per heavy atom. The molecular weight excluding hydrogens is 246 g/mol. The average Bonchev–Trinajstić information content (AvgIpc) is 2.42. The molecule has 7 nitrogen and oxygen atoms in total. The second-order valence-electron chi connectivity index (χ2n) is 4.02. The number of nitrogens with one attached hydrogen (secondary N) is 3. The van der Waals surface area contributed by atoms with E-state index in [2.05, 4.69) is 25.9 Å². The number of nitrogens with zero attached hydrogens (tertiary/aromatic N) is 2. The Balaban J connectivity index is 1.83. The van der Waals surface area contributed by atoms with Crippen molar-refractivity contribution < 1.29 is 9.90 Å². The van der Waals surface area contributed by atoms with Gasteiger partial charge in [-0.25, -0.2) is 0 Å². The Morgan fingerprint density at radius 1 is 1.05 bits per heavy atom. The lowest BCUT2D eigenvalue weighted by Crippen LogP contribution is -2.33. The second kappa shape index (κ2) is 10.4. The van der Waals surface area contributed by atoms with E-state index in [4.69, 9.17) is 5.11 Å². The van der Waals surface area contributed by atoms with Crippen molar-refractivity contribution in [3.05, 3.63) is 24.3 Å². The van der Waals surface area contributed by atoms with Crippen LogP contribution in [0.15, 0.2) is 18.6 Å². The zero-order valence-corrected chi connectivity index (χ0v) is 10.9. The minimum Gasteiger partial charge on any atom is -0.481 e. The molecule has 0 fully saturated rings. The molecule has 1 heterocycles. The molecule has 1 aromatic rings. The maximum Gasteiger partial charge on any atom is 0.304 e. The van der Waals surface area contributed by atoms with Crippen molar-refractivity contribution in [2.24, 2.45) is 0 Å². The van der Waals surface area contributed by atoms with E-state index in [0.717, 1.165) is 31.9 Å². The number of hydrogen-bond acceptors (Lipinski definition) is 6. The summed E-state index contributed by atoms with van der Waals surface area (Å²) in [4.78, 5) is 18.4. The standard InChI is InChI=1S/C12H21N5O2/c18-12(19)1-2-13-3-4-14-5-6-15-9-11-10-16-7-8-17-11/h7-8,10,13-15H,1-6,9H2,(H,18,19). The summed E-state index contributed by atoms with van der Waals surface area (Å²) in [6, 6.07) is 0. The Bertz CT molecular complexity index is 347. The topological polar surface area (TPSA) is 99.2 Å². The SMILES string of the molecule is O=C(O)CCNCCNCCNCc1cnccn1. The molecule has 106 valence electrons.